The molecular weight excluding hydrogens is 368 g/mol. The van der Waals surface area contributed by atoms with Gasteiger partial charge in [-0.05, 0) is 37.1 Å². The van der Waals surface area contributed by atoms with Gasteiger partial charge in [0.05, 0.1) is 19.3 Å². The van der Waals surface area contributed by atoms with Gasteiger partial charge in [0.2, 0.25) is 0 Å². The molecule has 1 aliphatic rings. The second-order valence-corrected chi connectivity index (χ2v) is 7.36. The summed E-state index contributed by atoms with van der Waals surface area (Å²) in [4.78, 5) is 17.9. The predicted molar refractivity (Wildman–Crippen MR) is 112 cm³/mol. The molecule has 3 aromatic rings. The van der Waals surface area contributed by atoms with E-state index in [0.29, 0.717) is 26.3 Å². The number of aromatic nitrogens is 1. The number of H-pyrrole nitrogens is 1. The van der Waals surface area contributed by atoms with Crippen LogP contribution in [0.3, 0.4) is 0 Å². The van der Waals surface area contributed by atoms with Crippen LogP contribution in [0.5, 0.6) is 0 Å². The lowest BCUT2D eigenvalue weighted by molar-refractivity contribution is 0.0121. The van der Waals surface area contributed by atoms with Crippen molar-refractivity contribution in [2.45, 2.75) is 19.4 Å². The predicted octanol–water partition coefficient (Wildman–Crippen LogP) is 2.98. The standard InChI is InChI=1S/C22H28N4O3/c1-16-6-7-21(29-16)20(26-10-12-28-13-11-26)15-25-22(27)23-9-8-17-14-24-19-5-3-2-4-18(17)19/h2-7,14,20,24H,8-13,15H2,1H3,(H2,23,25,27). The number of fused-ring (bicyclic) bond motifs is 1. The highest BCUT2D eigenvalue weighted by molar-refractivity contribution is 5.83. The second kappa shape index (κ2) is 9.15. The first-order valence-electron chi connectivity index (χ1n) is 10.2. The molecule has 0 saturated carbocycles. The van der Waals surface area contributed by atoms with Crippen molar-refractivity contribution in [2.24, 2.45) is 0 Å². The molecule has 1 aromatic carbocycles. The number of benzene rings is 1. The van der Waals surface area contributed by atoms with Gasteiger partial charge in [0, 0.05) is 43.3 Å². The minimum Gasteiger partial charge on any atom is -0.465 e. The number of aryl methyl sites for hydroxylation is 1. The third-order valence-corrected chi connectivity index (χ3v) is 5.39. The first kappa shape index (κ1) is 19.5. The monoisotopic (exact) mass is 396 g/mol. The molecule has 4 rings (SSSR count). The molecule has 1 fully saturated rings. The van der Waals surface area contributed by atoms with E-state index in [-0.39, 0.29) is 12.1 Å². The van der Waals surface area contributed by atoms with Gasteiger partial charge in [-0.25, -0.2) is 4.79 Å². The van der Waals surface area contributed by atoms with Gasteiger partial charge in [0.1, 0.15) is 11.5 Å². The van der Waals surface area contributed by atoms with Crippen LogP contribution in [0.1, 0.15) is 23.1 Å². The Morgan fingerprint density at radius 2 is 2.00 bits per heavy atom. The third-order valence-electron chi connectivity index (χ3n) is 5.39. The Bertz CT molecular complexity index is 942. The maximum Gasteiger partial charge on any atom is 0.314 e. The lowest BCUT2D eigenvalue weighted by Gasteiger charge is -2.33. The van der Waals surface area contributed by atoms with Crippen molar-refractivity contribution in [1.29, 1.82) is 0 Å². The smallest absolute Gasteiger partial charge is 0.314 e. The summed E-state index contributed by atoms with van der Waals surface area (Å²) in [6.07, 6.45) is 2.79. The lowest BCUT2D eigenvalue weighted by atomic mass is 10.1. The van der Waals surface area contributed by atoms with Crippen molar-refractivity contribution in [3.8, 4) is 0 Å². The maximum absolute atomic E-state index is 12.4. The minimum atomic E-state index is -0.161. The van der Waals surface area contributed by atoms with Crippen molar-refractivity contribution in [2.75, 3.05) is 39.4 Å². The van der Waals surface area contributed by atoms with Crippen LogP contribution in [0.2, 0.25) is 0 Å². The number of para-hydroxylation sites is 1. The Balaban J connectivity index is 1.29. The fraction of sp³-hybridized carbons (Fsp3) is 0.409. The number of nitrogens with one attached hydrogen (secondary N) is 3. The van der Waals surface area contributed by atoms with Crippen LogP contribution in [0.15, 0.2) is 47.0 Å². The number of aromatic amines is 1. The molecule has 0 bridgehead atoms. The van der Waals surface area contributed by atoms with Crippen molar-refractivity contribution < 1.29 is 13.9 Å². The molecule has 2 aromatic heterocycles. The summed E-state index contributed by atoms with van der Waals surface area (Å²) in [5, 5.41) is 7.17. The molecule has 154 valence electrons. The van der Waals surface area contributed by atoms with E-state index in [0.717, 1.165) is 36.5 Å². The Morgan fingerprint density at radius 3 is 2.79 bits per heavy atom. The van der Waals surface area contributed by atoms with Gasteiger partial charge in [0.25, 0.3) is 0 Å². The summed E-state index contributed by atoms with van der Waals surface area (Å²) >= 11 is 0. The molecule has 7 nitrogen and oxygen atoms in total. The summed E-state index contributed by atoms with van der Waals surface area (Å²) in [7, 11) is 0. The summed E-state index contributed by atoms with van der Waals surface area (Å²) < 4.78 is 11.3. The first-order chi connectivity index (χ1) is 14.2. The number of amides is 2. The molecule has 0 spiro atoms. The van der Waals surface area contributed by atoms with E-state index >= 15 is 0 Å². The summed E-state index contributed by atoms with van der Waals surface area (Å²) in [5.41, 5.74) is 2.33. The average molecular weight is 396 g/mol. The molecular formula is C22H28N4O3. The Hall–Kier alpha value is -2.77. The van der Waals surface area contributed by atoms with Gasteiger partial charge in [-0.1, -0.05) is 18.2 Å². The van der Waals surface area contributed by atoms with E-state index in [9.17, 15) is 4.79 Å². The van der Waals surface area contributed by atoms with Crippen LogP contribution in [0.4, 0.5) is 4.79 Å². The quantitative estimate of drug-likeness (QED) is 0.573. The largest absolute Gasteiger partial charge is 0.465 e. The molecule has 1 aliphatic heterocycles. The van der Waals surface area contributed by atoms with E-state index in [1.54, 1.807) is 0 Å². The Labute approximate surface area is 170 Å². The van der Waals surface area contributed by atoms with Crippen LogP contribution in [-0.2, 0) is 11.2 Å². The van der Waals surface area contributed by atoms with Crippen LogP contribution >= 0.6 is 0 Å². The van der Waals surface area contributed by atoms with Crippen molar-refractivity contribution in [1.82, 2.24) is 20.5 Å². The molecule has 2 amide bonds. The highest BCUT2D eigenvalue weighted by Gasteiger charge is 2.25. The lowest BCUT2D eigenvalue weighted by Crippen LogP contribution is -2.45. The molecule has 1 atom stereocenters. The van der Waals surface area contributed by atoms with E-state index in [1.165, 1.54) is 10.9 Å². The van der Waals surface area contributed by atoms with Gasteiger partial charge in [-0.15, -0.1) is 0 Å². The number of carbonyl (C=O) groups is 1. The van der Waals surface area contributed by atoms with Gasteiger partial charge in [-0.3, -0.25) is 4.90 Å². The minimum absolute atomic E-state index is 0.00645. The summed E-state index contributed by atoms with van der Waals surface area (Å²) in [5.74, 6) is 1.75. The molecule has 1 unspecified atom stereocenters. The molecule has 7 heteroatoms. The molecule has 1 saturated heterocycles. The number of hydrogen-bond acceptors (Lipinski definition) is 4. The molecule has 3 heterocycles. The number of hydrogen-bond donors (Lipinski definition) is 3. The van der Waals surface area contributed by atoms with Gasteiger partial charge < -0.3 is 24.8 Å². The summed E-state index contributed by atoms with van der Waals surface area (Å²) in [6.45, 7) is 6.06. The fourth-order valence-electron chi connectivity index (χ4n) is 3.83. The van der Waals surface area contributed by atoms with Gasteiger partial charge in [-0.2, -0.15) is 0 Å². The molecule has 29 heavy (non-hydrogen) atoms. The van der Waals surface area contributed by atoms with Gasteiger partial charge >= 0.3 is 6.03 Å². The highest BCUT2D eigenvalue weighted by atomic mass is 16.5. The first-order valence-corrected chi connectivity index (χ1v) is 10.2. The Morgan fingerprint density at radius 1 is 1.17 bits per heavy atom. The maximum atomic E-state index is 12.4. The number of furan rings is 1. The topological polar surface area (TPSA) is 82.5 Å². The van der Waals surface area contributed by atoms with Crippen LogP contribution in [0.25, 0.3) is 10.9 Å². The molecule has 3 N–H and O–H groups in total. The molecule has 0 aliphatic carbocycles. The zero-order chi connectivity index (χ0) is 20.1. The zero-order valence-electron chi connectivity index (χ0n) is 16.7. The van der Waals surface area contributed by atoms with E-state index in [4.69, 9.17) is 9.15 Å². The van der Waals surface area contributed by atoms with E-state index in [1.807, 2.05) is 37.4 Å². The van der Waals surface area contributed by atoms with Crippen LogP contribution in [-0.4, -0.2) is 55.3 Å². The average Bonchev–Trinajstić information content (AvgIpc) is 3.36. The third kappa shape index (κ3) is 4.81. The number of ether oxygens (including phenoxy) is 1. The normalized spacial score (nSPS) is 16.0. The fourth-order valence-corrected chi connectivity index (χ4v) is 3.83. The van der Waals surface area contributed by atoms with Gasteiger partial charge in [0.15, 0.2) is 0 Å². The second-order valence-electron chi connectivity index (χ2n) is 7.36. The number of urea groups is 1. The summed E-state index contributed by atoms with van der Waals surface area (Å²) in [6, 6.07) is 12.0. The van der Waals surface area contributed by atoms with E-state index in [2.05, 4.69) is 32.7 Å². The highest BCUT2D eigenvalue weighted by Crippen LogP contribution is 2.23. The van der Waals surface area contributed by atoms with Crippen LogP contribution < -0.4 is 10.6 Å². The number of nitrogens with zero attached hydrogens (tertiary/aromatic N) is 1. The van der Waals surface area contributed by atoms with Crippen molar-refractivity contribution in [3.05, 3.63) is 59.7 Å². The Kier molecular flexibility index (Phi) is 6.17. The number of carbonyl (C=O) groups excluding carboxylic acids is 1. The number of morpholine rings is 1. The SMILES string of the molecule is Cc1ccc(C(CNC(=O)NCCc2c[nH]c3ccccc23)N2CCOCC2)o1. The van der Waals surface area contributed by atoms with Crippen molar-refractivity contribution >= 4 is 16.9 Å². The molecule has 0 radical (unpaired) electrons. The van der Waals surface area contributed by atoms with E-state index < -0.39 is 0 Å². The van der Waals surface area contributed by atoms with Crippen molar-refractivity contribution in [3.63, 3.8) is 0 Å². The zero-order valence-corrected chi connectivity index (χ0v) is 16.7. The number of rotatable bonds is 7. The van der Waals surface area contributed by atoms with Crippen LogP contribution in [0, 0.1) is 6.92 Å².